The molecule has 0 atom stereocenters. The molecule has 0 fully saturated rings. The summed E-state index contributed by atoms with van der Waals surface area (Å²) in [4.78, 5) is 16.2. The van der Waals surface area contributed by atoms with Crippen LogP contribution in [0.3, 0.4) is 0 Å². The number of azo groups is 2. The molecule has 8 aromatic carbocycles. The number of ether oxygens (including phenoxy) is 2. The standard InChI is InChI=1S/2C25H20ClN3O6S.Ba/c2*1-14-10-17(13-21(26)24(14)36(32,33)34)28-29-22-19-9-4-3-6-15(19)11-20(23(22)30)25(31)27-16-7-5-8-18(12-16)35-2;/h2*3-13,30H,1-2H3,(H,27,31)(H,32,33,34);/q;;+2/p-2. The van der Waals surface area contributed by atoms with E-state index in [1.165, 1.54) is 58.4 Å². The third-order valence-electron chi connectivity index (χ3n) is 10.5. The molecule has 0 radical (unpaired) electrons. The van der Waals surface area contributed by atoms with E-state index in [-0.39, 0.29) is 104 Å². The van der Waals surface area contributed by atoms with E-state index in [9.17, 15) is 46.1 Å². The van der Waals surface area contributed by atoms with Gasteiger partial charge in [0.2, 0.25) is 0 Å². The van der Waals surface area contributed by atoms with Gasteiger partial charge in [0, 0.05) is 28.6 Å². The molecule has 0 aliphatic heterocycles. The van der Waals surface area contributed by atoms with Crippen molar-refractivity contribution in [3.8, 4) is 23.0 Å². The molecule has 1 amide bonds. The first-order valence-electron chi connectivity index (χ1n) is 20.9. The van der Waals surface area contributed by atoms with Crippen LogP contribution in [0.1, 0.15) is 27.0 Å². The molecule has 0 unspecified atom stereocenters. The van der Waals surface area contributed by atoms with Gasteiger partial charge in [0.15, 0.2) is 5.75 Å². The Balaban J connectivity index is 0.000000235. The quantitative estimate of drug-likeness (QED) is 0.0292. The summed E-state index contributed by atoms with van der Waals surface area (Å²) in [6, 6.07) is 35.3. The molecule has 23 heteroatoms. The normalized spacial score (nSPS) is 11.9. The molecule has 0 aliphatic carbocycles. The first kappa shape index (κ1) is 55.9. The fraction of sp³-hybridized carbons (Fsp3) is 0.0800. The summed E-state index contributed by atoms with van der Waals surface area (Å²) in [5.74, 6) is -1.33. The summed E-state index contributed by atoms with van der Waals surface area (Å²) in [5, 5.41) is 58.1. The molecule has 0 spiro atoms. The molecule has 0 aromatic heterocycles. The van der Waals surface area contributed by atoms with Crippen molar-refractivity contribution in [3.05, 3.63) is 166 Å². The number of aliphatic imine (C=N–C) groups is 1. The molecule has 368 valence electrons. The van der Waals surface area contributed by atoms with Gasteiger partial charge in [0.1, 0.15) is 27.0 Å². The third kappa shape index (κ3) is 13.2. The number of phenolic OH excluding ortho intramolecular Hbond substituents is 1. The summed E-state index contributed by atoms with van der Waals surface area (Å²) in [7, 11) is -6.06. The number of phenols is 1. The van der Waals surface area contributed by atoms with Crippen molar-refractivity contribution in [2.24, 2.45) is 25.4 Å². The molecule has 0 saturated heterocycles. The monoisotopic (exact) mass is 1190 g/mol. The SMILES string of the molecule is COc1cccc(N=C([O-])c2cc3ccccc3c(N=Nc3cc(C)c(S(=O)(=O)O)c(Cl)c3)c2[O-])c1.COc1cccc(NC(=O)c2cc3ccccc3c(N=Nc3cc(C)c(S(=O)(=O)O)c(Cl)c3)c2O)c1.[Ba+2]. The third-order valence-corrected chi connectivity index (χ3v) is 13.5. The zero-order valence-corrected chi connectivity index (χ0v) is 46.3. The first-order chi connectivity index (χ1) is 34.2. The second-order valence-corrected chi connectivity index (χ2v) is 19.0. The second kappa shape index (κ2) is 23.6. The average molecular weight is 1190 g/mol. The van der Waals surface area contributed by atoms with Crippen LogP contribution in [0.5, 0.6) is 23.0 Å². The van der Waals surface area contributed by atoms with Crippen molar-refractivity contribution < 1.29 is 55.5 Å². The van der Waals surface area contributed by atoms with Gasteiger partial charge in [-0.25, -0.2) is 0 Å². The molecule has 0 bridgehead atoms. The van der Waals surface area contributed by atoms with Gasteiger partial charge in [-0.1, -0.05) is 89.6 Å². The number of nitrogens with zero attached hydrogens (tertiary/aromatic N) is 5. The van der Waals surface area contributed by atoms with Gasteiger partial charge in [0.25, 0.3) is 26.1 Å². The molecule has 18 nitrogen and oxygen atoms in total. The van der Waals surface area contributed by atoms with Crippen molar-refractivity contribution in [3.63, 3.8) is 0 Å². The Morgan fingerprint density at radius 3 is 1.60 bits per heavy atom. The number of hydrogen-bond acceptors (Lipinski definition) is 15. The van der Waals surface area contributed by atoms with Gasteiger partial charge >= 0.3 is 48.9 Å². The van der Waals surface area contributed by atoms with E-state index >= 15 is 0 Å². The minimum absolute atomic E-state index is 0. The fourth-order valence-electron chi connectivity index (χ4n) is 7.33. The number of aryl methyl sites for hydroxylation is 2. The summed E-state index contributed by atoms with van der Waals surface area (Å²) < 4.78 is 75.3. The Kier molecular flexibility index (Phi) is 18.1. The van der Waals surface area contributed by atoms with Gasteiger partial charge in [-0.3, -0.25) is 18.9 Å². The number of benzene rings is 8. The number of halogens is 2. The van der Waals surface area contributed by atoms with E-state index in [1.807, 2.05) is 0 Å². The topological polar surface area (TPSA) is 284 Å². The smallest absolute Gasteiger partial charge is 0.871 e. The fourth-order valence-corrected chi connectivity index (χ4v) is 9.97. The van der Waals surface area contributed by atoms with Gasteiger partial charge < -0.3 is 30.1 Å². The number of anilines is 1. The average Bonchev–Trinajstić information content (AvgIpc) is 3.32. The molecule has 0 saturated carbocycles. The second-order valence-electron chi connectivity index (χ2n) is 15.5. The number of hydrogen-bond donors (Lipinski definition) is 4. The van der Waals surface area contributed by atoms with E-state index < -0.39 is 53.3 Å². The first-order valence-corrected chi connectivity index (χ1v) is 24.5. The number of aromatic hydroxyl groups is 1. The summed E-state index contributed by atoms with van der Waals surface area (Å²) in [6.07, 6.45) is 0. The molecule has 8 rings (SSSR count). The van der Waals surface area contributed by atoms with E-state index in [1.54, 1.807) is 103 Å². The van der Waals surface area contributed by atoms with Crippen LogP contribution in [0, 0.1) is 13.8 Å². The zero-order valence-electron chi connectivity index (χ0n) is 38.7. The number of amides is 1. The maximum Gasteiger partial charge on any atom is 2.00 e. The van der Waals surface area contributed by atoms with Crippen molar-refractivity contribution in [1.82, 2.24) is 0 Å². The van der Waals surface area contributed by atoms with Crippen molar-refractivity contribution >= 4 is 160 Å². The van der Waals surface area contributed by atoms with Crippen LogP contribution < -0.4 is 25.0 Å². The summed E-state index contributed by atoms with van der Waals surface area (Å²) >= 11 is 12.1. The van der Waals surface area contributed by atoms with Crippen molar-refractivity contribution in [2.75, 3.05) is 19.5 Å². The van der Waals surface area contributed by atoms with Gasteiger partial charge in [-0.15, -0.1) is 5.11 Å². The van der Waals surface area contributed by atoms with Crippen LogP contribution in [0.15, 0.2) is 169 Å². The number of rotatable bonds is 12. The molecule has 73 heavy (non-hydrogen) atoms. The van der Waals surface area contributed by atoms with E-state index in [0.29, 0.717) is 44.4 Å². The Labute approximate surface area is 468 Å². The minimum Gasteiger partial charge on any atom is -0.871 e. The minimum atomic E-state index is -4.54. The Bertz CT molecular complexity index is 3740. The molecular weight excluding hydrogens is 1150 g/mol. The molecule has 0 aliphatic rings. The number of fused-ring (bicyclic) bond motifs is 2. The Morgan fingerprint density at radius 1 is 0.603 bits per heavy atom. The zero-order chi connectivity index (χ0) is 52.1. The van der Waals surface area contributed by atoms with Crippen molar-refractivity contribution in [2.45, 2.75) is 23.6 Å². The van der Waals surface area contributed by atoms with Crippen LogP contribution in [0.25, 0.3) is 21.5 Å². The number of nitrogens with one attached hydrogen (secondary N) is 1. The van der Waals surface area contributed by atoms with Gasteiger partial charge in [-0.2, -0.15) is 32.2 Å². The van der Waals surface area contributed by atoms with E-state index in [0.717, 1.165) is 0 Å². The van der Waals surface area contributed by atoms with Crippen LogP contribution >= 0.6 is 23.2 Å². The van der Waals surface area contributed by atoms with Gasteiger partial charge in [-0.05, 0) is 108 Å². The Morgan fingerprint density at radius 2 is 1.08 bits per heavy atom. The molecular formula is C50H38BaCl2N6O12S2. The largest absolute Gasteiger partial charge is 2.00 e. The number of methoxy groups -OCH3 is 2. The number of carbonyl (C=O) groups excluding carboxylic acids is 1. The maximum absolute atomic E-state index is 13.3. The maximum atomic E-state index is 13.3. The predicted molar refractivity (Wildman–Crippen MR) is 275 cm³/mol. The predicted octanol–water partition coefficient (Wildman–Crippen LogP) is 11.0. The van der Waals surface area contributed by atoms with Crippen LogP contribution in [0.4, 0.5) is 34.1 Å². The Hall–Kier alpha value is -6.41. The molecule has 0 heterocycles. The summed E-state index contributed by atoms with van der Waals surface area (Å²) in [6.45, 7) is 2.88. The van der Waals surface area contributed by atoms with E-state index in [4.69, 9.17) is 32.7 Å². The van der Waals surface area contributed by atoms with Crippen LogP contribution in [-0.4, -0.2) is 106 Å². The molecule has 4 N–H and O–H groups in total. The van der Waals surface area contributed by atoms with Crippen molar-refractivity contribution in [1.29, 1.82) is 0 Å². The van der Waals surface area contributed by atoms with Crippen LogP contribution in [0.2, 0.25) is 10.0 Å². The van der Waals surface area contributed by atoms with Crippen LogP contribution in [-0.2, 0) is 20.2 Å². The number of carbonyl (C=O) groups is 1. The van der Waals surface area contributed by atoms with Gasteiger partial charge in [0.05, 0.1) is 52.6 Å². The van der Waals surface area contributed by atoms with E-state index in [2.05, 4.69) is 30.8 Å². The molecule has 8 aromatic rings. The summed E-state index contributed by atoms with van der Waals surface area (Å²) in [5.41, 5.74) is 1.15.